The maximum Gasteiger partial charge on any atom is 0.250 e. The highest BCUT2D eigenvalue weighted by Crippen LogP contribution is 2.60. The third kappa shape index (κ3) is 2.16. The molecule has 4 unspecified atom stereocenters. The summed E-state index contributed by atoms with van der Waals surface area (Å²) in [5.41, 5.74) is 4.27. The van der Waals surface area contributed by atoms with Gasteiger partial charge >= 0.3 is 0 Å². The van der Waals surface area contributed by atoms with Crippen LogP contribution in [0.2, 0.25) is 0 Å². The van der Waals surface area contributed by atoms with Gasteiger partial charge in [0, 0.05) is 17.3 Å². The first kappa shape index (κ1) is 19.7. The van der Waals surface area contributed by atoms with E-state index in [2.05, 4.69) is 23.2 Å². The van der Waals surface area contributed by atoms with E-state index >= 15 is 0 Å². The van der Waals surface area contributed by atoms with Gasteiger partial charge in [0.05, 0.1) is 17.5 Å². The Hall–Kier alpha value is -2.99. The monoisotopic (exact) mass is 429 g/mol. The quantitative estimate of drug-likeness (QED) is 0.744. The molecule has 4 heterocycles. The van der Waals surface area contributed by atoms with Crippen LogP contribution in [-0.2, 0) is 26.3 Å². The average molecular weight is 430 g/mol. The summed E-state index contributed by atoms with van der Waals surface area (Å²) < 4.78 is 0. The molecule has 3 amide bonds. The lowest BCUT2D eigenvalue weighted by Gasteiger charge is -2.37. The molecule has 2 aromatic carbocycles. The molecule has 164 valence electrons. The molecular formula is C26H27N3O3. The molecule has 4 atom stereocenters. The highest BCUT2D eigenvalue weighted by atomic mass is 16.2. The fourth-order valence-corrected chi connectivity index (χ4v) is 6.69. The van der Waals surface area contributed by atoms with Crippen LogP contribution in [-0.4, -0.2) is 35.2 Å². The second-order valence-electron chi connectivity index (χ2n) is 9.59. The smallest absolute Gasteiger partial charge is 0.250 e. The summed E-state index contributed by atoms with van der Waals surface area (Å²) in [5.74, 6) is -1.76. The number of benzene rings is 2. The molecule has 3 saturated heterocycles. The van der Waals surface area contributed by atoms with Gasteiger partial charge in [-0.1, -0.05) is 31.2 Å². The van der Waals surface area contributed by atoms with Gasteiger partial charge in [-0.15, -0.1) is 0 Å². The number of amides is 3. The van der Waals surface area contributed by atoms with Crippen LogP contribution in [0.15, 0.2) is 36.4 Å². The minimum absolute atomic E-state index is 0.0893. The van der Waals surface area contributed by atoms with Crippen molar-refractivity contribution in [3.8, 4) is 0 Å². The molecule has 1 spiro atoms. The van der Waals surface area contributed by atoms with Crippen LogP contribution in [0.3, 0.4) is 0 Å². The number of nitrogens with one attached hydrogen (secondary N) is 1. The highest BCUT2D eigenvalue weighted by molar-refractivity contribution is 6.26. The lowest BCUT2D eigenvalue weighted by Crippen LogP contribution is -2.54. The Morgan fingerprint density at radius 1 is 1.09 bits per heavy atom. The van der Waals surface area contributed by atoms with Crippen molar-refractivity contribution >= 4 is 29.1 Å². The lowest BCUT2D eigenvalue weighted by atomic mass is 9.75. The molecule has 0 saturated carbocycles. The number of imide groups is 1. The standard InChI is InChI=1S/C26H27N3O3/c1-4-16-10-11-18-17(13-16)26(25(32)27-18)22-21(20-9-6-12-28(20)26)23(30)29(24(22)31)19-8-5-7-14(2)15(19)3/h5,7-8,10-11,13,20-22H,4,6,9,12H2,1-3H3,(H,27,32). The number of hydrogen-bond acceptors (Lipinski definition) is 4. The first-order valence-electron chi connectivity index (χ1n) is 11.6. The zero-order valence-electron chi connectivity index (χ0n) is 18.6. The van der Waals surface area contributed by atoms with Crippen molar-refractivity contribution in [1.29, 1.82) is 0 Å². The number of carbonyl (C=O) groups excluding carboxylic acids is 3. The number of rotatable bonds is 2. The van der Waals surface area contributed by atoms with Gasteiger partial charge in [0.1, 0.15) is 5.54 Å². The Morgan fingerprint density at radius 3 is 2.69 bits per heavy atom. The molecule has 0 bridgehead atoms. The van der Waals surface area contributed by atoms with Gasteiger partial charge < -0.3 is 5.32 Å². The van der Waals surface area contributed by atoms with Crippen LogP contribution >= 0.6 is 0 Å². The van der Waals surface area contributed by atoms with Crippen LogP contribution < -0.4 is 10.2 Å². The zero-order valence-corrected chi connectivity index (χ0v) is 18.6. The van der Waals surface area contributed by atoms with Gasteiger partial charge in [0.25, 0.3) is 0 Å². The lowest BCUT2D eigenvalue weighted by molar-refractivity contribution is -0.135. The van der Waals surface area contributed by atoms with Crippen molar-refractivity contribution in [3.63, 3.8) is 0 Å². The molecule has 3 fully saturated rings. The number of nitrogens with zero attached hydrogens (tertiary/aromatic N) is 2. The number of aryl methyl sites for hydroxylation is 2. The Bertz CT molecular complexity index is 1200. The van der Waals surface area contributed by atoms with E-state index in [1.807, 2.05) is 44.2 Å². The van der Waals surface area contributed by atoms with Crippen LogP contribution in [0.1, 0.15) is 42.0 Å². The molecule has 4 aliphatic rings. The number of fused-ring (bicyclic) bond motifs is 7. The van der Waals surface area contributed by atoms with Crippen molar-refractivity contribution in [3.05, 3.63) is 58.7 Å². The van der Waals surface area contributed by atoms with Gasteiger partial charge in [0.2, 0.25) is 17.7 Å². The molecular weight excluding hydrogens is 402 g/mol. The predicted octanol–water partition coefficient (Wildman–Crippen LogP) is 3.30. The Morgan fingerprint density at radius 2 is 1.91 bits per heavy atom. The maximum atomic E-state index is 14.1. The zero-order chi connectivity index (χ0) is 22.4. The normalized spacial score (nSPS) is 30.8. The summed E-state index contributed by atoms with van der Waals surface area (Å²) in [6, 6.07) is 11.7. The number of carbonyl (C=O) groups is 3. The molecule has 32 heavy (non-hydrogen) atoms. The highest BCUT2D eigenvalue weighted by Gasteiger charge is 2.74. The van der Waals surface area contributed by atoms with Gasteiger partial charge in [-0.3, -0.25) is 19.3 Å². The first-order chi connectivity index (χ1) is 15.4. The second-order valence-corrected chi connectivity index (χ2v) is 9.59. The van der Waals surface area contributed by atoms with Crippen LogP contribution in [0.4, 0.5) is 11.4 Å². The summed E-state index contributed by atoms with van der Waals surface area (Å²) in [4.78, 5) is 45.2. The van der Waals surface area contributed by atoms with Crippen molar-refractivity contribution in [2.24, 2.45) is 11.8 Å². The van der Waals surface area contributed by atoms with Crippen LogP contribution in [0.5, 0.6) is 0 Å². The molecule has 0 radical (unpaired) electrons. The molecule has 2 aromatic rings. The SMILES string of the molecule is CCc1ccc2c(c1)C1(C(=O)N2)C2C(=O)N(c3cccc(C)c3C)C(=O)C2C2CCCN21. The summed E-state index contributed by atoms with van der Waals surface area (Å²) in [6.45, 7) is 6.74. The predicted molar refractivity (Wildman–Crippen MR) is 121 cm³/mol. The maximum absolute atomic E-state index is 14.1. The number of anilines is 2. The van der Waals surface area contributed by atoms with Gasteiger partial charge in [-0.05, 0) is 68.5 Å². The van der Waals surface area contributed by atoms with E-state index in [0.717, 1.165) is 53.7 Å². The van der Waals surface area contributed by atoms with E-state index in [1.165, 1.54) is 4.90 Å². The third-order valence-corrected chi connectivity index (χ3v) is 8.28. The van der Waals surface area contributed by atoms with Gasteiger partial charge in [0.15, 0.2) is 0 Å². The van der Waals surface area contributed by atoms with Crippen molar-refractivity contribution in [1.82, 2.24) is 4.90 Å². The Balaban J connectivity index is 1.57. The summed E-state index contributed by atoms with van der Waals surface area (Å²) >= 11 is 0. The van der Waals surface area contributed by atoms with E-state index < -0.39 is 17.4 Å². The molecule has 0 aliphatic carbocycles. The van der Waals surface area contributed by atoms with E-state index in [0.29, 0.717) is 5.69 Å². The fraction of sp³-hybridized carbons (Fsp3) is 0.423. The molecule has 4 aliphatic heterocycles. The van der Waals surface area contributed by atoms with Crippen LogP contribution in [0.25, 0.3) is 0 Å². The van der Waals surface area contributed by atoms with E-state index in [9.17, 15) is 14.4 Å². The Labute approximate surface area is 187 Å². The average Bonchev–Trinajstić information content (AvgIpc) is 3.48. The third-order valence-electron chi connectivity index (χ3n) is 8.28. The van der Waals surface area contributed by atoms with Crippen molar-refractivity contribution < 1.29 is 14.4 Å². The Kier molecular flexibility index (Phi) is 4.01. The molecule has 6 heteroatoms. The molecule has 1 N–H and O–H groups in total. The van der Waals surface area contributed by atoms with E-state index in [1.54, 1.807) is 0 Å². The minimum atomic E-state index is -1.11. The van der Waals surface area contributed by atoms with E-state index in [-0.39, 0.29) is 23.8 Å². The van der Waals surface area contributed by atoms with E-state index in [4.69, 9.17) is 0 Å². The summed E-state index contributed by atoms with van der Waals surface area (Å²) in [5, 5.41) is 3.05. The summed E-state index contributed by atoms with van der Waals surface area (Å²) in [7, 11) is 0. The number of hydrogen-bond donors (Lipinski definition) is 1. The topological polar surface area (TPSA) is 69.7 Å². The molecule has 6 rings (SSSR count). The fourth-order valence-electron chi connectivity index (χ4n) is 6.69. The first-order valence-corrected chi connectivity index (χ1v) is 11.6. The van der Waals surface area contributed by atoms with Crippen LogP contribution in [0, 0.1) is 25.7 Å². The summed E-state index contributed by atoms with van der Waals surface area (Å²) in [6.07, 6.45) is 2.60. The second kappa shape index (κ2) is 6.51. The minimum Gasteiger partial charge on any atom is -0.324 e. The largest absolute Gasteiger partial charge is 0.324 e. The molecule has 0 aromatic heterocycles. The van der Waals surface area contributed by atoms with Crippen molar-refractivity contribution in [2.45, 2.75) is 51.6 Å². The van der Waals surface area contributed by atoms with Gasteiger partial charge in [-0.25, -0.2) is 4.90 Å². The molecule has 6 nitrogen and oxygen atoms in total. The van der Waals surface area contributed by atoms with Crippen molar-refractivity contribution in [2.75, 3.05) is 16.8 Å². The van der Waals surface area contributed by atoms with Gasteiger partial charge in [-0.2, -0.15) is 0 Å².